The van der Waals surface area contributed by atoms with E-state index >= 15 is 0 Å². The van der Waals surface area contributed by atoms with E-state index in [4.69, 9.17) is 4.74 Å². The van der Waals surface area contributed by atoms with Crippen molar-refractivity contribution in [2.24, 2.45) is 0 Å². The van der Waals surface area contributed by atoms with Gasteiger partial charge in [-0.1, -0.05) is 24.3 Å². The van der Waals surface area contributed by atoms with Crippen molar-refractivity contribution in [3.05, 3.63) is 41.0 Å². The number of benzene rings is 1. The van der Waals surface area contributed by atoms with Gasteiger partial charge in [-0.25, -0.2) is 4.79 Å². The average Bonchev–Trinajstić information content (AvgIpc) is 2.36. The third-order valence-electron chi connectivity index (χ3n) is 3.16. The van der Waals surface area contributed by atoms with Crippen LogP contribution in [0.5, 0.6) is 0 Å². The molecule has 0 aliphatic heterocycles. The van der Waals surface area contributed by atoms with Crippen LogP contribution in [-0.2, 0) is 16.0 Å². The molecule has 1 aliphatic rings. The number of hydrogen-bond acceptors (Lipinski definition) is 2. The van der Waals surface area contributed by atoms with Crippen LogP contribution in [-0.4, -0.2) is 13.1 Å². The number of methoxy groups -OCH3 is 1. The van der Waals surface area contributed by atoms with Crippen LogP contribution < -0.4 is 0 Å². The lowest BCUT2D eigenvalue weighted by Crippen LogP contribution is -2.09. The van der Waals surface area contributed by atoms with Crippen molar-refractivity contribution < 1.29 is 9.53 Å². The van der Waals surface area contributed by atoms with Crippen LogP contribution in [0.2, 0.25) is 0 Å². The first-order chi connectivity index (χ1) is 7.74. The second kappa shape index (κ2) is 4.52. The minimum Gasteiger partial charge on any atom is -0.466 e. The monoisotopic (exact) mass is 216 g/mol. The lowest BCUT2D eigenvalue weighted by Gasteiger charge is -2.20. The molecule has 0 saturated heterocycles. The van der Waals surface area contributed by atoms with Gasteiger partial charge in [0.25, 0.3) is 0 Å². The highest BCUT2D eigenvalue weighted by Gasteiger charge is 2.18. The van der Waals surface area contributed by atoms with Crippen LogP contribution in [0.1, 0.15) is 30.9 Å². The molecular formula is C14H16O2. The molecule has 0 radical (unpaired) electrons. The van der Waals surface area contributed by atoms with Gasteiger partial charge >= 0.3 is 5.97 Å². The Hall–Kier alpha value is -1.57. The van der Waals surface area contributed by atoms with E-state index in [1.807, 2.05) is 13.0 Å². The molecule has 0 saturated carbocycles. The molecule has 1 aromatic carbocycles. The zero-order chi connectivity index (χ0) is 11.5. The summed E-state index contributed by atoms with van der Waals surface area (Å²) in [5.41, 5.74) is 4.45. The minimum atomic E-state index is -0.216. The van der Waals surface area contributed by atoms with Crippen LogP contribution in [0.4, 0.5) is 0 Å². The van der Waals surface area contributed by atoms with E-state index in [2.05, 4.69) is 18.2 Å². The summed E-state index contributed by atoms with van der Waals surface area (Å²) in [6.45, 7) is 1.85. The largest absolute Gasteiger partial charge is 0.466 e. The molecular weight excluding hydrogens is 200 g/mol. The van der Waals surface area contributed by atoms with E-state index in [0.717, 1.165) is 30.4 Å². The van der Waals surface area contributed by atoms with Gasteiger partial charge in [0.1, 0.15) is 0 Å². The van der Waals surface area contributed by atoms with E-state index in [1.165, 1.54) is 18.2 Å². The fourth-order valence-corrected chi connectivity index (χ4v) is 2.29. The van der Waals surface area contributed by atoms with Gasteiger partial charge in [0, 0.05) is 5.57 Å². The lowest BCUT2D eigenvalue weighted by molar-refractivity contribution is -0.135. The smallest absolute Gasteiger partial charge is 0.333 e. The summed E-state index contributed by atoms with van der Waals surface area (Å²) in [5, 5.41) is 0. The normalized spacial score (nSPS) is 17.6. The molecule has 1 aromatic rings. The molecule has 0 spiro atoms. The summed E-state index contributed by atoms with van der Waals surface area (Å²) < 4.78 is 4.78. The molecule has 2 heteroatoms. The third kappa shape index (κ3) is 1.87. The molecule has 0 amide bonds. The lowest BCUT2D eigenvalue weighted by atomic mass is 9.85. The molecule has 0 atom stereocenters. The van der Waals surface area contributed by atoms with Crippen LogP contribution in [0.15, 0.2) is 29.8 Å². The molecule has 16 heavy (non-hydrogen) atoms. The summed E-state index contributed by atoms with van der Waals surface area (Å²) in [4.78, 5) is 11.5. The van der Waals surface area contributed by atoms with Gasteiger partial charge in [0.2, 0.25) is 0 Å². The zero-order valence-electron chi connectivity index (χ0n) is 9.75. The number of fused-ring (bicyclic) bond motifs is 1. The topological polar surface area (TPSA) is 26.3 Å². The number of carbonyl (C=O) groups excluding carboxylic acids is 1. The van der Waals surface area contributed by atoms with Crippen molar-refractivity contribution in [2.75, 3.05) is 7.11 Å². The maximum atomic E-state index is 11.5. The molecule has 0 fully saturated rings. The highest BCUT2D eigenvalue weighted by Crippen LogP contribution is 2.32. The van der Waals surface area contributed by atoms with Gasteiger partial charge < -0.3 is 4.74 Å². The highest BCUT2D eigenvalue weighted by molar-refractivity contribution is 5.97. The molecule has 84 valence electrons. The van der Waals surface area contributed by atoms with Crippen LogP contribution >= 0.6 is 0 Å². The van der Waals surface area contributed by atoms with Gasteiger partial charge in [-0.15, -0.1) is 0 Å². The zero-order valence-corrected chi connectivity index (χ0v) is 9.75. The van der Waals surface area contributed by atoms with E-state index < -0.39 is 0 Å². The van der Waals surface area contributed by atoms with Crippen LogP contribution in [0.25, 0.3) is 5.57 Å². The van der Waals surface area contributed by atoms with Gasteiger partial charge in [0.05, 0.1) is 7.11 Å². The predicted molar refractivity (Wildman–Crippen MR) is 64.0 cm³/mol. The van der Waals surface area contributed by atoms with E-state index in [1.54, 1.807) is 0 Å². The Balaban J connectivity index is 2.49. The Kier molecular flexibility index (Phi) is 3.09. The van der Waals surface area contributed by atoms with E-state index in [-0.39, 0.29) is 5.97 Å². The average molecular weight is 216 g/mol. The number of aryl methyl sites for hydroxylation is 1. The third-order valence-corrected chi connectivity index (χ3v) is 3.16. The first-order valence-corrected chi connectivity index (χ1v) is 5.60. The molecule has 1 aliphatic carbocycles. The van der Waals surface area contributed by atoms with Gasteiger partial charge in [-0.2, -0.15) is 0 Å². The summed E-state index contributed by atoms with van der Waals surface area (Å²) in [7, 11) is 1.43. The van der Waals surface area contributed by atoms with E-state index in [9.17, 15) is 4.79 Å². The predicted octanol–water partition coefficient (Wildman–Crippen LogP) is 2.97. The standard InChI is InChI=1S/C14H16O2/c1-10(14(15)16-2)12-9-5-7-11-6-3-4-8-13(11)12/h3-4,6,8H,5,7,9H2,1-2H3/b12-10+. The van der Waals surface area contributed by atoms with Crippen LogP contribution in [0, 0.1) is 0 Å². The number of carbonyl (C=O) groups is 1. The Labute approximate surface area is 95.9 Å². The number of allylic oxidation sites excluding steroid dienone is 1. The molecule has 2 nitrogen and oxygen atoms in total. The fraction of sp³-hybridized carbons (Fsp3) is 0.357. The summed E-state index contributed by atoms with van der Waals surface area (Å²) in [6.07, 6.45) is 3.19. The maximum absolute atomic E-state index is 11.5. The quantitative estimate of drug-likeness (QED) is 0.533. The molecule has 0 aromatic heterocycles. The maximum Gasteiger partial charge on any atom is 0.333 e. The number of esters is 1. The molecule has 0 N–H and O–H groups in total. The van der Waals surface area contributed by atoms with Crippen molar-refractivity contribution in [2.45, 2.75) is 26.2 Å². The number of ether oxygens (including phenoxy) is 1. The number of hydrogen-bond donors (Lipinski definition) is 0. The van der Waals surface area contributed by atoms with Crippen molar-refractivity contribution in [1.29, 1.82) is 0 Å². The minimum absolute atomic E-state index is 0.216. The molecule has 0 heterocycles. The summed E-state index contributed by atoms with van der Waals surface area (Å²) >= 11 is 0. The summed E-state index contributed by atoms with van der Waals surface area (Å²) in [6, 6.07) is 8.30. The van der Waals surface area contributed by atoms with Crippen molar-refractivity contribution in [1.82, 2.24) is 0 Å². The van der Waals surface area contributed by atoms with Crippen LogP contribution in [0.3, 0.4) is 0 Å². The van der Waals surface area contributed by atoms with Crippen molar-refractivity contribution in [3.8, 4) is 0 Å². The molecule has 0 bridgehead atoms. The van der Waals surface area contributed by atoms with Gasteiger partial charge in [-0.05, 0) is 42.9 Å². The molecule has 0 unspecified atom stereocenters. The first kappa shape index (κ1) is 10.9. The van der Waals surface area contributed by atoms with Gasteiger partial charge in [-0.3, -0.25) is 0 Å². The Morgan fingerprint density at radius 2 is 2.00 bits per heavy atom. The number of rotatable bonds is 1. The van der Waals surface area contributed by atoms with Crippen molar-refractivity contribution in [3.63, 3.8) is 0 Å². The summed E-state index contributed by atoms with van der Waals surface area (Å²) in [5.74, 6) is -0.216. The molecule has 2 rings (SSSR count). The SMILES string of the molecule is COC(=O)/C(C)=C1\CCCc2ccccc21. The Morgan fingerprint density at radius 1 is 1.25 bits per heavy atom. The first-order valence-electron chi connectivity index (χ1n) is 5.60. The van der Waals surface area contributed by atoms with E-state index in [0.29, 0.717) is 0 Å². The second-order valence-corrected chi connectivity index (χ2v) is 4.11. The van der Waals surface area contributed by atoms with Gasteiger partial charge in [0.15, 0.2) is 0 Å². The highest BCUT2D eigenvalue weighted by atomic mass is 16.5. The van der Waals surface area contributed by atoms with Crippen molar-refractivity contribution >= 4 is 11.5 Å². The fourth-order valence-electron chi connectivity index (χ4n) is 2.29. The second-order valence-electron chi connectivity index (χ2n) is 4.11. The Bertz CT molecular complexity index is 444. The Morgan fingerprint density at radius 3 is 2.75 bits per heavy atom.